The molecular weight excluding hydrogens is 462 g/mol. The van der Waals surface area contributed by atoms with Crippen molar-refractivity contribution in [1.29, 1.82) is 0 Å². The number of hydrogen-bond donors (Lipinski definition) is 1. The predicted molar refractivity (Wildman–Crippen MR) is 98.1 cm³/mol. The largest absolute Gasteiger partial charge is 0.496 e. The van der Waals surface area contributed by atoms with Crippen LogP contribution in [0.15, 0.2) is 49.8 Å². The first-order chi connectivity index (χ1) is 10.0. The van der Waals surface area contributed by atoms with Crippen molar-refractivity contribution in [3.63, 3.8) is 0 Å². The lowest BCUT2D eigenvalue weighted by molar-refractivity contribution is 0.404. The van der Waals surface area contributed by atoms with E-state index in [1.54, 1.807) is 7.11 Å². The van der Waals surface area contributed by atoms with Crippen molar-refractivity contribution >= 4 is 47.8 Å². The quantitative estimate of drug-likeness (QED) is 0.598. The van der Waals surface area contributed by atoms with Crippen LogP contribution in [0.25, 0.3) is 0 Å². The molecule has 1 N–H and O–H groups in total. The second-order valence-corrected chi connectivity index (χ2v) is 7.33. The van der Waals surface area contributed by atoms with Gasteiger partial charge in [-0.2, -0.15) is 0 Å². The number of nitrogens with one attached hydrogen (secondary N) is 1. The summed E-state index contributed by atoms with van der Waals surface area (Å²) in [7, 11) is 1.70. The molecule has 1 atom stereocenters. The summed E-state index contributed by atoms with van der Waals surface area (Å²) in [6, 6.07) is 12.4. The molecule has 0 heterocycles. The Kier molecular flexibility index (Phi) is 6.29. The van der Waals surface area contributed by atoms with Gasteiger partial charge in [-0.05, 0) is 48.5 Å². The van der Waals surface area contributed by atoms with Gasteiger partial charge in [0.2, 0.25) is 0 Å². The average Bonchev–Trinajstić information content (AvgIpc) is 2.43. The Bertz CT molecular complexity index is 611. The van der Waals surface area contributed by atoms with Crippen LogP contribution in [0.4, 0.5) is 0 Å². The molecule has 0 amide bonds. The Hall–Kier alpha value is -0.360. The number of hydrogen-bond acceptors (Lipinski definition) is 2. The molecule has 0 fully saturated rings. The van der Waals surface area contributed by atoms with Gasteiger partial charge in [0.25, 0.3) is 0 Å². The van der Waals surface area contributed by atoms with Crippen LogP contribution in [-0.4, -0.2) is 13.7 Å². The molecule has 0 aliphatic carbocycles. The number of methoxy groups -OCH3 is 1. The van der Waals surface area contributed by atoms with Gasteiger partial charge in [0.1, 0.15) is 5.75 Å². The van der Waals surface area contributed by atoms with Crippen molar-refractivity contribution in [2.24, 2.45) is 0 Å². The molecule has 0 spiro atoms. The van der Waals surface area contributed by atoms with E-state index in [1.807, 2.05) is 18.2 Å². The normalized spacial score (nSPS) is 12.2. The van der Waals surface area contributed by atoms with E-state index in [-0.39, 0.29) is 6.04 Å². The molecule has 2 rings (SSSR count). The number of ether oxygens (including phenoxy) is 1. The molecule has 2 aromatic carbocycles. The second kappa shape index (κ2) is 7.77. The van der Waals surface area contributed by atoms with Crippen molar-refractivity contribution < 1.29 is 4.74 Å². The SMILES string of the molecule is CCNC(c1cc(Br)cc(Br)c1)c1cc(Br)ccc1OC. The van der Waals surface area contributed by atoms with E-state index in [0.29, 0.717) is 0 Å². The van der Waals surface area contributed by atoms with Gasteiger partial charge in [-0.1, -0.05) is 54.7 Å². The highest BCUT2D eigenvalue weighted by atomic mass is 79.9. The zero-order valence-electron chi connectivity index (χ0n) is 11.8. The summed E-state index contributed by atoms with van der Waals surface area (Å²) in [4.78, 5) is 0. The molecule has 0 aliphatic rings. The molecule has 2 nitrogen and oxygen atoms in total. The van der Waals surface area contributed by atoms with E-state index in [1.165, 1.54) is 5.56 Å². The minimum atomic E-state index is 0.0660. The molecule has 0 aliphatic heterocycles. The fourth-order valence-corrected chi connectivity index (χ4v) is 3.99. The van der Waals surface area contributed by atoms with Gasteiger partial charge in [-0.3, -0.25) is 0 Å². The minimum absolute atomic E-state index is 0.0660. The third-order valence-electron chi connectivity index (χ3n) is 3.13. The van der Waals surface area contributed by atoms with Crippen molar-refractivity contribution in [3.8, 4) is 5.75 Å². The van der Waals surface area contributed by atoms with Crippen LogP contribution in [0.1, 0.15) is 24.1 Å². The van der Waals surface area contributed by atoms with Crippen LogP contribution in [0, 0.1) is 0 Å². The molecule has 0 radical (unpaired) electrons. The summed E-state index contributed by atoms with van der Waals surface area (Å²) in [6.45, 7) is 2.97. The van der Waals surface area contributed by atoms with Crippen molar-refractivity contribution in [2.75, 3.05) is 13.7 Å². The van der Waals surface area contributed by atoms with Gasteiger partial charge >= 0.3 is 0 Å². The van der Waals surface area contributed by atoms with Crippen LogP contribution in [-0.2, 0) is 0 Å². The van der Waals surface area contributed by atoms with Gasteiger partial charge < -0.3 is 10.1 Å². The van der Waals surface area contributed by atoms with Crippen molar-refractivity contribution in [1.82, 2.24) is 5.32 Å². The van der Waals surface area contributed by atoms with Gasteiger partial charge in [0, 0.05) is 19.0 Å². The summed E-state index contributed by atoms with van der Waals surface area (Å²) in [5, 5.41) is 3.53. The molecule has 112 valence electrons. The van der Waals surface area contributed by atoms with Crippen molar-refractivity contribution in [2.45, 2.75) is 13.0 Å². The van der Waals surface area contributed by atoms with Gasteiger partial charge in [-0.15, -0.1) is 0 Å². The Labute approximate surface area is 150 Å². The predicted octanol–water partition coefficient (Wildman–Crippen LogP) is 5.68. The molecule has 5 heteroatoms. The maximum Gasteiger partial charge on any atom is 0.124 e. The topological polar surface area (TPSA) is 21.3 Å². The van der Waals surface area contributed by atoms with Gasteiger partial charge in [-0.25, -0.2) is 0 Å². The molecule has 0 aromatic heterocycles. The summed E-state index contributed by atoms with van der Waals surface area (Å²) in [5.74, 6) is 0.875. The average molecular weight is 478 g/mol. The summed E-state index contributed by atoms with van der Waals surface area (Å²) >= 11 is 10.7. The second-order valence-electron chi connectivity index (χ2n) is 4.58. The maximum atomic E-state index is 5.53. The Morgan fingerprint density at radius 3 is 2.24 bits per heavy atom. The minimum Gasteiger partial charge on any atom is -0.496 e. The van der Waals surface area contributed by atoms with E-state index < -0.39 is 0 Å². The van der Waals surface area contributed by atoms with Crippen LogP contribution >= 0.6 is 47.8 Å². The third kappa shape index (κ3) is 4.31. The summed E-state index contributed by atoms with van der Waals surface area (Å²) in [5.41, 5.74) is 2.29. The zero-order valence-corrected chi connectivity index (χ0v) is 16.5. The summed E-state index contributed by atoms with van der Waals surface area (Å²) < 4.78 is 8.65. The summed E-state index contributed by atoms with van der Waals surface area (Å²) in [6.07, 6.45) is 0. The molecule has 21 heavy (non-hydrogen) atoms. The first kappa shape index (κ1) is 17.0. The zero-order chi connectivity index (χ0) is 15.4. The highest BCUT2D eigenvalue weighted by Crippen LogP contribution is 2.34. The molecule has 0 saturated carbocycles. The molecule has 0 saturated heterocycles. The fourth-order valence-electron chi connectivity index (χ4n) is 2.28. The van der Waals surface area contributed by atoms with E-state index in [2.05, 4.69) is 78.2 Å². The Morgan fingerprint density at radius 1 is 1.00 bits per heavy atom. The molecule has 0 bridgehead atoms. The first-order valence-electron chi connectivity index (χ1n) is 6.58. The monoisotopic (exact) mass is 475 g/mol. The van der Waals surface area contributed by atoms with E-state index in [9.17, 15) is 0 Å². The van der Waals surface area contributed by atoms with Gasteiger partial charge in [0.15, 0.2) is 0 Å². The van der Waals surface area contributed by atoms with Gasteiger partial charge in [0.05, 0.1) is 13.2 Å². The van der Waals surface area contributed by atoms with Crippen molar-refractivity contribution in [3.05, 3.63) is 60.9 Å². The standard InChI is InChI=1S/C16H16Br3NO/c1-3-20-16(10-6-12(18)8-13(19)7-10)14-9-11(17)4-5-15(14)21-2/h4-9,16,20H,3H2,1-2H3. The lowest BCUT2D eigenvalue weighted by Crippen LogP contribution is -2.22. The smallest absolute Gasteiger partial charge is 0.124 e. The van der Waals surface area contributed by atoms with Crippen LogP contribution < -0.4 is 10.1 Å². The Morgan fingerprint density at radius 2 is 1.67 bits per heavy atom. The van der Waals surface area contributed by atoms with Crippen LogP contribution in [0.3, 0.4) is 0 Å². The van der Waals surface area contributed by atoms with E-state index in [0.717, 1.165) is 31.3 Å². The number of benzene rings is 2. The van der Waals surface area contributed by atoms with E-state index >= 15 is 0 Å². The number of rotatable bonds is 5. The van der Waals surface area contributed by atoms with Crippen LogP contribution in [0.5, 0.6) is 5.75 Å². The lowest BCUT2D eigenvalue weighted by atomic mass is 9.98. The first-order valence-corrected chi connectivity index (χ1v) is 8.96. The highest BCUT2D eigenvalue weighted by Gasteiger charge is 2.18. The maximum absolute atomic E-state index is 5.53. The Balaban J connectivity index is 2.55. The fraction of sp³-hybridized carbons (Fsp3) is 0.250. The van der Waals surface area contributed by atoms with E-state index in [4.69, 9.17) is 4.74 Å². The molecule has 1 unspecified atom stereocenters. The number of halogens is 3. The lowest BCUT2D eigenvalue weighted by Gasteiger charge is -2.22. The third-order valence-corrected chi connectivity index (χ3v) is 4.54. The highest BCUT2D eigenvalue weighted by molar-refractivity contribution is 9.11. The van der Waals surface area contributed by atoms with Crippen LogP contribution in [0.2, 0.25) is 0 Å². The molecular formula is C16H16Br3NO. The molecule has 2 aromatic rings.